The molecule has 30 heavy (non-hydrogen) atoms. The fraction of sp³-hybridized carbons (Fsp3) is 0.0833. The summed E-state index contributed by atoms with van der Waals surface area (Å²) in [5.41, 5.74) is 2.82. The molecule has 0 aliphatic carbocycles. The van der Waals surface area contributed by atoms with E-state index in [1.165, 1.54) is 6.07 Å². The van der Waals surface area contributed by atoms with Gasteiger partial charge in [-0.3, -0.25) is 10.2 Å². The summed E-state index contributed by atoms with van der Waals surface area (Å²) in [6.45, 7) is 0. The van der Waals surface area contributed by atoms with E-state index in [-0.39, 0.29) is 17.4 Å². The van der Waals surface area contributed by atoms with Gasteiger partial charge in [0.2, 0.25) is 0 Å². The van der Waals surface area contributed by atoms with Crippen LogP contribution in [0.3, 0.4) is 0 Å². The number of hydrogen-bond acceptors (Lipinski definition) is 3. The molecule has 3 N–H and O–H groups in total. The summed E-state index contributed by atoms with van der Waals surface area (Å²) in [5, 5.41) is 13.8. The van der Waals surface area contributed by atoms with Crippen LogP contribution < -0.4 is 10.6 Å². The number of anilines is 3. The van der Waals surface area contributed by atoms with Gasteiger partial charge in [0.25, 0.3) is 5.91 Å². The number of para-hydroxylation sites is 1. The Balaban J connectivity index is 1.82. The highest BCUT2D eigenvalue weighted by molar-refractivity contribution is 6.08. The fourth-order valence-electron chi connectivity index (χ4n) is 2.81. The van der Waals surface area contributed by atoms with E-state index in [0.717, 1.165) is 5.56 Å². The van der Waals surface area contributed by atoms with Crippen LogP contribution in [0, 0.1) is 23.6 Å². The molecular weight excluding hydrogens is 379 g/mol. The number of nitrogens with one attached hydrogen (secondary N) is 3. The average molecular weight is 400 g/mol. The van der Waals surface area contributed by atoms with Gasteiger partial charge in [-0.05, 0) is 54.6 Å². The Kier molecular flexibility index (Phi) is 6.14. The third-order valence-electron chi connectivity index (χ3n) is 4.44. The molecule has 6 heteroatoms. The van der Waals surface area contributed by atoms with Gasteiger partial charge in [0.05, 0.1) is 16.9 Å². The second-order valence-electron chi connectivity index (χ2n) is 6.78. The normalized spacial score (nSPS) is 10.1. The molecule has 3 aromatic carbocycles. The lowest BCUT2D eigenvalue weighted by Crippen LogP contribution is -2.21. The van der Waals surface area contributed by atoms with Crippen LogP contribution in [0.2, 0.25) is 0 Å². The first-order valence-corrected chi connectivity index (χ1v) is 9.19. The Hall–Kier alpha value is -4.11. The zero-order chi connectivity index (χ0) is 21.7. The molecule has 0 spiro atoms. The van der Waals surface area contributed by atoms with Crippen molar-refractivity contribution in [1.82, 2.24) is 4.90 Å². The standard InChI is InChI=1S/C24H21FN4O/c1-4-16-9-12-18(13-10-16)27-24(30)19-7-5-6-8-21(19)28-22-14-11-17(15-20(22)25)23(26)29(2)3/h1,5-15,26,28H,2-3H3,(H,27,30). The molecule has 0 fully saturated rings. The average Bonchev–Trinajstić information content (AvgIpc) is 2.75. The molecule has 0 saturated carbocycles. The first-order valence-electron chi connectivity index (χ1n) is 9.19. The first kappa shape index (κ1) is 20.6. The van der Waals surface area contributed by atoms with E-state index in [0.29, 0.717) is 22.5 Å². The molecule has 0 aliphatic heterocycles. The van der Waals surface area contributed by atoms with Crippen molar-refractivity contribution in [3.8, 4) is 12.3 Å². The second-order valence-corrected chi connectivity index (χ2v) is 6.78. The molecule has 0 unspecified atom stereocenters. The maximum absolute atomic E-state index is 14.6. The monoisotopic (exact) mass is 400 g/mol. The van der Waals surface area contributed by atoms with Gasteiger partial charge in [0, 0.05) is 30.9 Å². The summed E-state index contributed by atoms with van der Waals surface area (Å²) in [6, 6.07) is 18.3. The molecule has 0 heterocycles. The lowest BCUT2D eigenvalue weighted by molar-refractivity contribution is 0.102. The largest absolute Gasteiger partial charge is 0.363 e. The van der Waals surface area contributed by atoms with E-state index < -0.39 is 5.82 Å². The van der Waals surface area contributed by atoms with Crippen LogP contribution in [0.25, 0.3) is 0 Å². The Morgan fingerprint density at radius 2 is 1.73 bits per heavy atom. The van der Waals surface area contributed by atoms with Crippen LogP contribution in [0.15, 0.2) is 66.7 Å². The summed E-state index contributed by atoms with van der Waals surface area (Å²) < 4.78 is 14.6. The van der Waals surface area contributed by atoms with Crippen molar-refractivity contribution in [2.75, 3.05) is 24.7 Å². The number of halogens is 1. The topological polar surface area (TPSA) is 68.2 Å². The van der Waals surface area contributed by atoms with Crippen molar-refractivity contribution in [3.63, 3.8) is 0 Å². The lowest BCUT2D eigenvalue weighted by atomic mass is 10.1. The number of amides is 1. The Bertz CT molecular complexity index is 1130. The van der Waals surface area contributed by atoms with Crippen LogP contribution in [-0.4, -0.2) is 30.7 Å². The van der Waals surface area contributed by atoms with Crippen LogP contribution in [0.1, 0.15) is 21.5 Å². The fourth-order valence-corrected chi connectivity index (χ4v) is 2.81. The number of nitrogens with zero attached hydrogens (tertiary/aromatic N) is 1. The highest BCUT2D eigenvalue weighted by atomic mass is 19.1. The highest BCUT2D eigenvalue weighted by Gasteiger charge is 2.14. The molecule has 0 bridgehead atoms. The minimum atomic E-state index is -0.515. The highest BCUT2D eigenvalue weighted by Crippen LogP contribution is 2.25. The van der Waals surface area contributed by atoms with E-state index in [1.54, 1.807) is 79.7 Å². The van der Waals surface area contributed by atoms with Crippen LogP contribution in [0.5, 0.6) is 0 Å². The molecule has 5 nitrogen and oxygen atoms in total. The molecule has 0 aliphatic rings. The Morgan fingerprint density at radius 1 is 1.03 bits per heavy atom. The molecule has 0 radical (unpaired) electrons. The number of hydrogen-bond donors (Lipinski definition) is 3. The summed E-state index contributed by atoms with van der Waals surface area (Å²) in [5.74, 6) is 1.88. The number of carbonyl (C=O) groups excluding carboxylic acids is 1. The van der Waals surface area contributed by atoms with Gasteiger partial charge in [0.1, 0.15) is 11.7 Å². The first-order chi connectivity index (χ1) is 14.4. The van der Waals surface area contributed by atoms with E-state index in [4.69, 9.17) is 11.8 Å². The maximum atomic E-state index is 14.6. The molecule has 1 amide bonds. The van der Waals surface area contributed by atoms with Gasteiger partial charge >= 0.3 is 0 Å². The zero-order valence-electron chi connectivity index (χ0n) is 16.7. The maximum Gasteiger partial charge on any atom is 0.257 e. The molecular formula is C24H21FN4O. The Labute approximate surface area is 175 Å². The number of terminal acetylenes is 1. The van der Waals surface area contributed by atoms with Crippen LogP contribution in [-0.2, 0) is 0 Å². The molecule has 0 saturated heterocycles. The Morgan fingerprint density at radius 3 is 2.37 bits per heavy atom. The quantitative estimate of drug-likeness (QED) is 0.331. The third kappa shape index (κ3) is 4.65. The number of benzene rings is 3. The van der Waals surface area contributed by atoms with E-state index in [2.05, 4.69) is 16.6 Å². The molecule has 150 valence electrons. The number of amidine groups is 1. The minimum absolute atomic E-state index is 0.205. The van der Waals surface area contributed by atoms with Crippen molar-refractivity contribution < 1.29 is 9.18 Å². The summed E-state index contributed by atoms with van der Waals surface area (Å²) in [7, 11) is 3.45. The van der Waals surface area contributed by atoms with E-state index >= 15 is 0 Å². The van der Waals surface area contributed by atoms with E-state index in [1.807, 2.05) is 0 Å². The molecule has 3 aromatic rings. The SMILES string of the molecule is C#Cc1ccc(NC(=O)c2ccccc2Nc2ccc(C(=N)N(C)C)cc2F)cc1. The van der Waals surface area contributed by atoms with Crippen molar-refractivity contribution in [2.45, 2.75) is 0 Å². The van der Waals surface area contributed by atoms with Crippen molar-refractivity contribution in [2.24, 2.45) is 0 Å². The van der Waals surface area contributed by atoms with Gasteiger partial charge in [0.15, 0.2) is 0 Å². The van der Waals surface area contributed by atoms with E-state index in [9.17, 15) is 9.18 Å². The molecule has 0 atom stereocenters. The third-order valence-corrected chi connectivity index (χ3v) is 4.44. The van der Waals surface area contributed by atoms with Crippen molar-refractivity contribution in [3.05, 3.63) is 89.2 Å². The number of rotatable bonds is 5. The van der Waals surface area contributed by atoms with Crippen molar-refractivity contribution in [1.29, 1.82) is 5.41 Å². The van der Waals surface area contributed by atoms with Gasteiger partial charge in [-0.25, -0.2) is 4.39 Å². The lowest BCUT2D eigenvalue weighted by Gasteiger charge is -2.16. The predicted octanol–water partition coefficient (Wildman–Crippen LogP) is 4.69. The second kappa shape index (κ2) is 8.93. The summed E-state index contributed by atoms with van der Waals surface area (Å²) >= 11 is 0. The van der Waals surface area contributed by atoms with Gasteiger partial charge in [-0.1, -0.05) is 18.1 Å². The summed E-state index contributed by atoms with van der Waals surface area (Å²) in [4.78, 5) is 14.4. The smallest absolute Gasteiger partial charge is 0.257 e. The predicted molar refractivity (Wildman–Crippen MR) is 119 cm³/mol. The van der Waals surface area contributed by atoms with Gasteiger partial charge < -0.3 is 15.5 Å². The number of carbonyl (C=O) groups is 1. The summed E-state index contributed by atoms with van der Waals surface area (Å²) in [6.07, 6.45) is 5.35. The zero-order valence-corrected chi connectivity index (χ0v) is 16.7. The van der Waals surface area contributed by atoms with Crippen LogP contribution in [0.4, 0.5) is 21.5 Å². The van der Waals surface area contributed by atoms with Gasteiger partial charge in [-0.2, -0.15) is 0 Å². The van der Waals surface area contributed by atoms with Crippen molar-refractivity contribution >= 4 is 28.8 Å². The molecule has 3 rings (SSSR count). The molecule has 0 aromatic heterocycles. The van der Waals surface area contributed by atoms with Crippen LogP contribution >= 0.6 is 0 Å². The van der Waals surface area contributed by atoms with Gasteiger partial charge in [-0.15, -0.1) is 6.42 Å². The minimum Gasteiger partial charge on any atom is -0.363 e.